The molecule has 2 heteroatoms. The van der Waals surface area contributed by atoms with E-state index < -0.39 is 0 Å². The monoisotopic (exact) mass is 756 g/mol. The summed E-state index contributed by atoms with van der Waals surface area (Å²) in [6.07, 6.45) is 23.6. The van der Waals surface area contributed by atoms with Crippen molar-refractivity contribution in [3.8, 4) is 11.1 Å². The number of hydrogen-bond acceptors (Lipinski definition) is 2. The van der Waals surface area contributed by atoms with Crippen molar-refractivity contribution in [2.75, 3.05) is 9.80 Å². The van der Waals surface area contributed by atoms with Crippen LogP contribution in [0, 0.1) is 6.92 Å². The Morgan fingerprint density at radius 1 is 0.576 bits per heavy atom. The minimum atomic E-state index is 0.170. The van der Waals surface area contributed by atoms with E-state index >= 15 is 0 Å². The van der Waals surface area contributed by atoms with Crippen molar-refractivity contribution < 1.29 is 0 Å². The van der Waals surface area contributed by atoms with E-state index in [2.05, 4.69) is 211 Å². The molecule has 0 bridgehead atoms. The van der Waals surface area contributed by atoms with E-state index in [0.29, 0.717) is 0 Å². The van der Waals surface area contributed by atoms with Crippen LogP contribution in [0.5, 0.6) is 0 Å². The number of allylic oxidation sites excluding steroid dienone is 3. The topological polar surface area (TPSA) is 6.48 Å². The number of benzene rings is 7. The lowest BCUT2D eigenvalue weighted by Crippen LogP contribution is -2.33. The molecule has 2 aliphatic heterocycles. The Labute approximate surface area is 347 Å². The molecule has 0 saturated heterocycles. The van der Waals surface area contributed by atoms with Crippen molar-refractivity contribution >= 4 is 75.2 Å². The maximum absolute atomic E-state index is 4.19. The number of anilines is 5. The lowest BCUT2D eigenvalue weighted by atomic mass is 9.84. The maximum Gasteiger partial charge on any atom is 0.0632 e. The first-order valence-corrected chi connectivity index (χ1v) is 20.9. The standard InChI is InChI=1S/C57H44N2/c1-3-49-38(2)50-17-9-10-18-51(50)53-36-44(29-33-52(49)53)39-27-31-48(32-28-39)58-54-19-11-7-14-41(54)24-26-46-35-43(30-34-56(46)58)45-25-23-42-22-21-40-13-8-12-20-55(40)59(57(42)37-45)47-15-5-4-6-16-47/h3-8,10-16,18-36,57H,1,9,17,37H2,2H3. The van der Waals surface area contributed by atoms with Gasteiger partial charge in [-0.1, -0.05) is 146 Å². The number of fused-ring (bicyclic) bond motifs is 7. The van der Waals surface area contributed by atoms with Crippen LogP contribution in [0.3, 0.4) is 0 Å². The van der Waals surface area contributed by atoms with Crippen LogP contribution in [-0.4, -0.2) is 6.04 Å². The third kappa shape index (κ3) is 5.94. The number of nitrogens with zero attached hydrogens (tertiary/aromatic N) is 2. The van der Waals surface area contributed by atoms with Gasteiger partial charge in [-0.15, -0.1) is 0 Å². The van der Waals surface area contributed by atoms with Gasteiger partial charge in [0.15, 0.2) is 0 Å². The summed E-state index contributed by atoms with van der Waals surface area (Å²) in [6, 6.07) is 51.6. The minimum absolute atomic E-state index is 0.170. The summed E-state index contributed by atoms with van der Waals surface area (Å²) in [5, 5.41) is 2.58. The second-order valence-electron chi connectivity index (χ2n) is 16.1. The highest BCUT2D eigenvalue weighted by Crippen LogP contribution is 2.46. The number of hydrogen-bond donors (Lipinski definition) is 0. The van der Waals surface area contributed by atoms with Gasteiger partial charge in [0.1, 0.15) is 0 Å². The summed E-state index contributed by atoms with van der Waals surface area (Å²) in [5.74, 6) is 0. The number of para-hydroxylation sites is 3. The fourth-order valence-electron chi connectivity index (χ4n) is 9.86. The van der Waals surface area contributed by atoms with Crippen molar-refractivity contribution in [3.05, 3.63) is 220 Å². The molecular formula is C57H44N2. The Morgan fingerprint density at radius 2 is 1.27 bits per heavy atom. The van der Waals surface area contributed by atoms with Crippen molar-refractivity contribution in [2.45, 2.75) is 32.2 Å². The van der Waals surface area contributed by atoms with Gasteiger partial charge in [0.25, 0.3) is 0 Å². The van der Waals surface area contributed by atoms with Gasteiger partial charge in [-0.2, -0.15) is 0 Å². The summed E-state index contributed by atoms with van der Waals surface area (Å²) in [4.78, 5) is 4.96. The molecule has 7 aromatic rings. The molecule has 0 saturated carbocycles. The van der Waals surface area contributed by atoms with E-state index in [1.807, 2.05) is 6.08 Å². The molecule has 0 fully saturated rings. The number of rotatable bonds is 5. The molecule has 2 heterocycles. The normalized spacial score (nSPS) is 16.2. The molecule has 282 valence electrons. The van der Waals surface area contributed by atoms with E-state index in [4.69, 9.17) is 0 Å². The SMILES string of the molecule is C=Cc1c(C)c2c(c3cc(-c4ccc(N5c6ccccc6C=Cc6cc(C7=CC=C8C=Cc9ccccc9N(c9ccccc9)C8C7)ccc65)cc4)ccc13)C=CCC2. The summed E-state index contributed by atoms with van der Waals surface area (Å²) >= 11 is 0. The molecule has 2 nitrogen and oxygen atoms in total. The fourth-order valence-corrected chi connectivity index (χ4v) is 9.86. The highest BCUT2D eigenvalue weighted by molar-refractivity contribution is 6.02. The molecule has 7 aromatic carbocycles. The van der Waals surface area contributed by atoms with Gasteiger partial charge < -0.3 is 9.80 Å². The summed E-state index contributed by atoms with van der Waals surface area (Å²) in [5.41, 5.74) is 21.3. The van der Waals surface area contributed by atoms with Gasteiger partial charge in [0, 0.05) is 17.1 Å². The zero-order chi connectivity index (χ0) is 39.5. The Morgan fingerprint density at radius 3 is 2.10 bits per heavy atom. The van der Waals surface area contributed by atoms with Crippen LogP contribution >= 0.6 is 0 Å². The molecule has 4 aliphatic rings. The van der Waals surface area contributed by atoms with Crippen molar-refractivity contribution in [3.63, 3.8) is 0 Å². The molecule has 0 amide bonds. The Kier molecular flexibility index (Phi) is 8.52. The first-order valence-electron chi connectivity index (χ1n) is 20.9. The van der Waals surface area contributed by atoms with Crippen molar-refractivity contribution in [2.24, 2.45) is 0 Å². The van der Waals surface area contributed by atoms with Crippen molar-refractivity contribution in [1.82, 2.24) is 0 Å². The highest BCUT2D eigenvalue weighted by atomic mass is 15.2. The summed E-state index contributed by atoms with van der Waals surface area (Å²) < 4.78 is 0. The fraction of sp³-hybridized carbons (Fsp3) is 0.0877. The quantitative estimate of drug-likeness (QED) is 0.173. The maximum atomic E-state index is 4.19. The van der Waals surface area contributed by atoms with E-state index in [0.717, 1.165) is 24.9 Å². The van der Waals surface area contributed by atoms with E-state index in [1.54, 1.807) is 0 Å². The average molecular weight is 757 g/mol. The zero-order valence-corrected chi connectivity index (χ0v) is 33.3. The van der Waals surface area contributed by atoms with Crippen LogP contribution in [0.2, 0.25) is 0 Å². The Bertz CT molecular complexity index is 2990. The Hall–Kier alpha value is -7.16. The largest absolute Gasteiger partial charge is 0.333 e. The summed E-state index contributed by atoms with van der Waals surface area (Å²) in [6.45, 7) is 6.45. The van der Waals surface area contributed by atoms with Crippen LogP contribution in [-0.2, 0) is 6.42 Å². The van der Waals surface area contributed by atoms with Gasteiger partial charge >= 0.3 is 0 Å². The highest BCUT2D eigenvalue weighted by Gasteiger charge is 2.30. The molecule has 1 unspecified atom stereocenters. The summed E-state index contributed by atoms with van der Waals surface area (Å²) in [7, 11) is 0. The molecule has 0 radical (unpaired) electrons. The molecular weight excluding hydrogens is 713 g/mol. The lowest BCUT2D eigenvalue weighted by Gasteiger charge is -2.36. The predicted molar refractivity (Wildman–Crippen MR) is 254 cm³/mol. The lowest BCUT2D eigenvalue weighted by molar-refractivity contribution is 0.770. The minimum Gasteiger partial charge on any atom is -0.333 e. The van der Waals surface area contributed by atoms with Gasteiger partial charge in [-0.25, -0.2) is 0 Å². The van der Waals surface area contributed by atoms with Gasteiger partial charge in [-0.3, -0.25) is 0 Å². The van der Waals surface area contributed by atoms with Crippen LogP contribution in [0.25, 0.3) is 57.9 Å². The molecule has 2 aliphatic carbocycles. The second-order valence-corrected chi connectivity index (χ2v) is 16.1. The first kappa shape index (κ1) is 35.0. The van der Waals surface area contributed by atoms with E-state index in [1.165, 1.54) is 100 Å². The smallest absolute Gasteiger partial charge is 0.0632 e. The molecule has 0 N–H and O–H groups in total. The van der Waals surface area contributed by atoms with Crippen LogP contribution < -0.4 is 9.80 Å². The third-order valence-corrected chi connectivity index (χ3v) is 12.8. The molecule has 0 aromatic heterocycles. The van der Waals surface area contributed by atoms with E-state index in [9.17, 15) is 0 Å². The van der Waals surface area contributed by atoms with Gasteiger partial charge in [0.05, 0.1) is 17.4 Å². The van der Waals surface area contributed by atoms with Gasteiger partial charge in [0.2, 0.25) is 0 Å². The van der Waals surface area contributed by atoms with Crippen LogP contribution in [0.15, 0.2) is 176 Å². The first-order chi connectivity index (χ1) is 29.1. The third-order valence-electron chi connectivity index (χ3n) is 12.8. The van der Waals surface area contributed by atoms with E-state index in [-0.39, 0.29) is 6.04 Å². The van der Waals surface area contributed by atoms with Crippen LogP contribution in [0.4, 0.5) is 28.4 Å². The van der Waals surface area contributed by atoms with Crippen molar-refractivity contribution in [1.29, 1.82) is 0 Å². The Balaban J connectivity index is 0.957. The van der Waals surface area contributed by atoms with Gasteiger partial charge in [-0.05, 0) is 158 Å². The molecule has 59 heavy (non-hydrogen) atoms. The average Bonchev–Trinajstić information content (AvgIpc) is 3.57. The molecule has 1 atom stereocenters. The molecule has 0 spiro atoms. The molecule has 11 rings (SSSR count). The zero-order valence-electron chi connectivity index (χ0n) is 33.3. The van der Waals surface area contributed by atoms with Crippen LogP contribution in [0.1, 0.15) is 57.3 Å². The predicted octanol–water partition coefficient (Wildman–Crippen LogP) is 15.3. The second kappa shape index (κ2) is 14.3.